The van der Waals surface area contributed by atoms with Crippen LogP contribution in [0.25, 0.3) is 0 Å². The highest BCUT2D eigenvalue weighted by Crippen LogP contribution is 2.23. The van der Waals surface area contributed by atoms with Crippen LogP contribution < -0.4 is 14.9 Å². The van der Waals surface area contributed by atoms with Gasteiger partial charge in [-0.1, -0.05) is 53.7 Å². The summed E-state index contributed by atoms with van der Waals surface area (Å²) in [6.45, 7) is 2.05. The van der Waals surface area contributed by atoms with Crippen molar-refractivity contribution >= 4 is 5.71 Å². The molecule has 3 aromatic rings. The second-order valence-electron chi connectivity index (χ2n) is 7.25. The number of rotatable bonds is 7. The maximum absolute atomic E-state index is 5.90. The Bertz CT molecular complexity index is 903. The monoisotopic (exact) mass is 386 g/mol. The molecule has 4 nitrogen and oxygen atoms in total. The van der Waals surface area contributed by atoms with Gasteiger partial charge in [-0.25, -0.2) is 0 Å². The standard InChI is InChI=1S/C25H26N2O2/c1-3-7-22(8-4-1)28-23-13-11-20(12-14-23)19-25(21-15-17-26-18-16-21)27-29-24-9-5-2-6-10-24/h1-14,21,26H,15-19H2/b27-25-. The molecule has 1 N–H and O–H groups in total. The minimum atomic E-state index is 0.445. The van der Waals surface area contributed by atoms with Crippen molar-refractivity contribution < 1.29 is 9.57 Å². The fourth-order valence-corrected chi connectivity index (χ4v) is 3.51. The van der Waals surface area contributed by atoms with Gasteiger partial charge in [0, 0.05) is 12.3 Å². The van der Waals surface area contributed by atoms with E-state index in [2.05, 4.69) is 22.6 Å². The molecule has 0 unspecified atom stereocenters. The van der Waals surface area contributed by atoms with Gasteiger partial charge in [-0.15, -0.1) is 0 Å². The summed E-state index contributed by atoms with van der Waals surface area (Å²) in [7, 11) is 0. The Kier molecular flexibility index (Phi) is 6.56. The molecular formula is C25H26N2O2. The Hall–Kier alpha value is -3.11. The molecule has 0 aliphatic carbocycles. The van der Waals surface area contributed by atoms with Gasteiger partial charge in [-0.2, -0.15) is 0 Å². The van der Waals surface area contributed by atoms with Crippen LogP contribution in [0.3, 0.4) is 0 Å². The Labute approximate surface area is 172 Å². The Morgan fingerprint density at radius 2 is 1.34 bits per heavy atom. The molecule has 29 heavy (non-hydrogen) atoms. The fourth-order valence-electron chi connectivity index (χ4n) is 3.51. The topological polar surface area (TPSA) is 42.9 Å². The summed E-state index contributed by atoms with van der Waals surface area (Å²) in [5.74, 6) is 2.89. The molecule has 1 aliphatic heterocycles. The highest BCUT2D eigenvalue weighted by molar-refractivity contribution is 5.88. The molecule has 0 spiro atoms. The number of para-hydroxylation sites is 2. The van der Waals surface area contributed by atoms with E-state index in [0.29, 0.717) is 5.92 Å². The van der Waals surface area contributed by atoms with Crippen LogP contribution in [0.2, 0.25) is 0 Å². The second kappa shape index (κ2) is 9.89. The largest absolute Gasteiger partial charge is 0.457 e. The first kappa shape index (κ1) is 19.2. The summed E-state index contributed by atoms with van der Waals surface area (Å²) in [6, 6.07) is 27.8. The van der Waals surface area contributed by atoms with Crippen LogP contribution in [0.1, 0.15) is 18.4 Å². The van der Waals surface area contributed by atoms with Crippen LogP contribution in [-0.2, 0) is 6.42 Å². The molecule has 1 aliphatic rings. The van der Waals surface area contributed by atoms with E-state index in [-0.39, 0.29) is 0 Å². The normalized spacial score (nSPS) is 15.1. The Morgan fingerprint density at radius 3 is 2.00 bits per heavy atom. The minimum absolute atomic E-state index is 0.445. The average molecular weight is 386 g/mol. The van der Waals surface area contributed by atoms with Gasteiger partial charge < -0.3 is 14.9 Å². The van der Waals surface area contributed by atoms with Crippen molar-refractivity contribution in [3.8, 4) is 17.2 Å². The van der Waals surface area contributed by atoms with Crippen LogP contribution in [0, 0.1) is 5.92 Å². The lowest BCUT2D eigenvalue weighted by Crippen LogP contribution is -2.33. The van der Waals surface area contributed by atoms with Crippen LogP contribution >= 0.6 is 0 Å². The maximum atomic E-state index is 5.90. The van der Waals surface area contributed by atoms with E-state index in [1.165, 1.54) is 5.56 Å². The first-order chi connectivity index (χ1) is 14.4. The van der Waals surface area contributed by atoms with Crippen molar-refractivity contribution in [3.05, 3.63) is 90.5 Å². The predicted octanol–water partition coefficient (Wildman–Crippen LogP) is 5.46. The zero-order chi connectivity index (χ0) is 19.7. The molecule has 4 heteroatoms. The number of benzene rings is 3. The van der Waals surface area contributed by atoms with Crippen LogP contribution in [-0.4, -0.2) is 18.8 Å². The van der Waals surface area contributed by atoms with Gasteiger partial charge in [0.15, 0.2) is 5.75 Å². The van der Waals surface area contributed by atoms with Gasteiger partial charge in [-0.05, 0) is 67.9 Å². The first-order valence-electron chi connectivity index (χ1n) is 10.2. The van der Waals surface area contributed by atoms with E-state index < -0.39 is 0 Å². The highest BCUT2D eigenvalue weighted by Gasteiger charge is 2.20. The summed E-state index contributed by atoms with van der Waals surface area (Å²) in [5.41, 5.74) is 2.31. The number of hydrogen-bond donors (Lipinski definition) is 1. The van der Waals surface area contributed by atoms with E-state index in [9.17, 15) is 0 Å². The molecule has 3 aromatic carbocycles. The number of ether oxygens (including phenoxy) is 1. The quantitative estimate of drug-likeness (QED) is 0.433. The summed E-state index contributed by atoms with van der Waals surface area (Å²) in [6.07, 6.45) is 2.96. The maximum Gasteiger partial charge on any atom is 0.157 e. The molecule has 1 saturated heterocycles. The molecule has 0 saturated carbocycles. The lowest BCUT2D eigenvalue weighted by Gasteiger charge is -2.24. The summed E-state index contributed by atoms with van der Waals surface area (Å²) in [4.78, 5) is 5.74. The number of oxime groups is 1. The van der Waals surface area contributed by atoms with Crippen molar-refractivity contribution in [2.45, 2.75) is 19.3 Å². The number of hydrogen-bond acceptors (Lipinski definition) is 4. The van der Waals surface area contributed by atoms with E-state index >= 15 is 0 Å². The lowest BCUT2D eigenvalue weighted by molar-refractivity contribution is 0.331. The third kappa shape index (κ3) is 5.69. The number of piperidine rings is 1. The molecule has 0 atom stereocenters. The van der Waals surface area contributed by atoms with E-state index in [1.807, 2.05) is 72.8 Å². The first-order valence-corrected chi connectivity index (χ1v) is 10.2. The zero-order valence-electron chi connectivity index (χ0n) is 16.5. The third-order valence-electron chi connectivity index (χ3n) is 5.11. The molecule has 1 fully saturated rings. The van der Waals surface area contributed by atoms with Crippen molar-refractivity contribution in [2.75, 3.05) is 13.1 Å². The van der Waals surface area contributed by atoms with Gasteiger partial charge in [0.25, 0.3) is 0 Å². The highest BCUT2D eigenvalue weighted by atomic mass is 16.6. The molecule has 0 radical (unpaired) electrons. The second-order valence-corrected chi connectivity index (χ2v) is 7.25. The molecule has 0 bridgehead atoms. The predicted molar refractivity (Wildman–Crippen MR) is 117 cm³/mol. The number of nitrogens with one attached hydrogen (secondary N) is 1. The van der Waals surface area contributed by atoms with Crippen molar-refractivity contribution in [2.24, 2.45) is 11.1 Å². The van der Waals surface area contributed by atoms with Crippen molar-refractivity contribution in [3.63, 3.8) is 0 Å². The molecule has 148 valence electrons. The average Bonchev–Trinajstić information content (AvgIpc) is 2.80. The minimum Gasteiger partial charge on any atom is -0.457 e. The molecule has 4 rings (SSSR count). The van der Waals surface area contributed by atoms with Crippen LogP contribution in [0.15, 0.2) is 90.1 Å². The third-order valence-corrected chi connectivity index (χ3v) is 5.11. The van der Waals surface area contributed by atoms with E-state index in [1.54, 1.807) is 0 Å². The van der Waals surface area contributed by atoms with E-state index in [0.717, 1.165) is 55.3 Å². The van der Waals surface area contributed by atoms with Gasteiger partial charge in [0.2, 0.25) is 0 Å². The lowest BCUT2D eigenvalue weighted by atomic mass is 9.89. The Morgan fingerprint density at radius 1 is 0.759 bits per heavy atom. The smallest absolute Gasteiger partial charge is 0.157 e. The molecule has 1 heterocycles. The van der Waals surface area contributed by atoms with E-state index in [4.69, 9.17) is 9.57 Å². The Balaban J connectivity index is 1.46. The van der Waals surface area contributed by atoms with Crippen LogP contribution in [0.5, 0.6) is 17.2 Å². The van der Waals surface area contributed by atoms with Gasteiger partial charge in [0.05, 0.1) is 5.71 Å². The van der Waals surface area contributed by atoms with Gasteiger partial charge in [0.1, 0.15) is 11.5 Å². The molecule has 0 amide bonds. The van der Waals surface area contributed by atoms with Crippen molar-refractivity contribution in [1.82, 2.24) is 5.32 Å². The van der Waals surface area contributed by atoms with Crippen molar-refractivity contribution in [1.29, 1.82) is 0 Å². The molecular weight excluding hydrogens is 360 g/mol. The SMILES string of the molecule is c1ccc(O/N=C(/Cc2ccc(Oc3ccccc3)cc2)C2CCNCC2)cc1. The van der Waals surface area contributed by atoms with Gasteiger partial charge in [-0.3, -0.25) is 0 Å². The zero-order valence-corrected chi connectivity index (χ0v) is 16.5. The summed E-state index contributed by atoms with van der Waals surface area (Å²) >= 11 is 0. The number of nitrogens with zero attached hydrogens (tertiary/aromatic N) is 1. The molecule has 0 aromatic heterocycles. The fraction of sp³-hybridized carbons (Fsp3) is 0.240. The van der Waals surface area contributed by atoms with Crippen LogP contribution in [0.4, 0.5) is 0 Å². The summed E-state index contributed by atoms with van der Waals surface area (Å²) in [5, 5.41) is 7.99. The van der Waals surface area contributed by atoms with Gasteiger partial charge >= 0.3 is 0 Å². The summed E-state index contributed by atoms with van der Waals surface area (Å²) < 4.78 is 5.90.